The van der Waals surface area contributed by atoms with Crippen molar-refractivity contribution in [1.82, 2.24) is 0 Å². The van der Waals surface area contributed by atoms with Gasteiger partial charge in [-0.1, -0.05) is 11.6 Å². The number of aliphatic hydroxyl groups is 1. The van der Waals surface area contributed by atoms with Crippen LogP contribution in [0.2, 0.25) is 5.02 Å². The van der Waals surface area contributed by atoms with Crippen molar-refractivity contribution in [3.63, 3.8) is 0 Å². The smallest absolute Gasteiger partial charge is 0.231 e. The number of nitrogens with two attached hydrogens (primary N) is 1. The van der Waals surface area contributed by atoms with E-state index in [2.05, 4.69) is 0 Å². The molecular formula is C10H12ClNO3. The van der Waals surface area contributed by atoms with Gasteiger partial charge < -0.3 is 20.3 Å². The number of halogens is 1. The Balaban J connectivity index is 2.50. The van der Waals surface area contributed by atoms with Crippen LogP contribution in [0.4, 0.5) is 0 Å². The summed E-state index contributed by atoms with van der Waals surface area (Å²) in [6, 6.07) is 2.95. The number of fused-ring (bicyclic) bond motifs is 1. The average Bonchev–Trinajstić information content (AvgIpc) is 2.64. The van der Waals surface area contributed by atoms with Crippen molar-refractivity contribution in [3.05, 3.63) is 22.7 Å². The summed E-state index contributed by atoms with van der Waals surface area (Å²) in [6.07, 6.45) is -0.853. The van der Waals surface area contributed by atoms with Crippen LogP contribution >= 0.6 is 11.6 Å². The fourth-order valence-electron chi connectivity index (χ4n) is 1.51. The fraction of sp³-hybridized carbons (Fsp3) is 0.400. The van der Waals surface area contributed by atoms with Gasteiger partial charge in [-0.15, -0.1) is 0 Å². The molecule has 4 nitrogen and oxygen atoms in total. The molecule has 0 aliphatic carbocycles. The van der Waals surface area contributed by atoms with Gasteiger partial charge in [0.2, 0.25) is 6.79 Å². The first-order valence-electron chi connectivity index (χ1n) is 4.63. The highest BCUT2D eigenvalue weighted by Crippen LogP contribution is 2.43. The molecule has 0 saturated carbocycles. The van der Waals surface area contributed by atoms with E-state index in [0.29, 0.717) is 22.1 Å². The van der Waals surface area contributed by atoms with Gasteiger partial charge in [0.1, 0.15) is 0 Å². The molecule has 2 rings (SSSR count). The summed E-state index contributed by atoms with van der Waals surface area (Å²) in [5, 5.41) is 10.3. The summed E-state index contributed by atoms with van der Waals surface area (Å²) < 4.78 is 10.5. The highest BCUT2D eigenvalue weighted by Gasteiger charge is 2.26. The van der Waals surface area contributed by atoms with Gasteiger partial charge in [0.15, 0.2) is 11.5 Å². The van der Waals surface area contributed by atoms with Crippen molar-refractivity contribution < 1.29 is 14.6 Å². The lowest BCUT2D eigenvalue weighted by Gasteiger charge is -2.17. The monoisotopic (exact) mass is 229 g/mol. The Kier molecular flexibility index (Phi) is 2.73. The Bertz CT molecular complexity index is 381. The van der Waals surface area contributed by atoms with Crippen molar-refractivity contribution in [2.75, 3.05) is 6.79 Å². The van der Waals surface area contributed by atoms with E-state index in [0.717, 1.165) is 0 Å². The highest BCUT2D eigenvalue weighted by molar-refractivity contribution is 6.31. The van der Waals surface area contributed by atoms with E-state index in [-0.39, 0.29) is 6.79 Å². The summed E-state index contributed by atoms with van der Waals surface area (Å²) in [5.41, 5.74) is 6.13. The molecule has 0 spiro atoms. The minimum Gasteiger partial charge on any atom is -0.454 e. The average molecular weight is 230 g/mol. The number of ether oxygens (including phenoxy) is 2. The maximum atomic E-state index is 9.90. The number of benzene rings is 1. The van der Waals surface area contributed by atoms with Crippen LogP contribution in [0.25, 0.3) is 0 Å². The zero-order valence-corrected chi connectivity index (χ0v) is 8.99. The van der Waals surface area contributed by atoms with Crippen molar-refractivity contribution in [2.45, 2.75) is 19.1 Å². The largest absolute Gasteiger partial charge is 0.454 e. The maximum Gasteiger partial charge on any atom is 0.231 e. The van der Waals surface area contributed by atoms with Gasteiger partial charge in [-0.25, -0.2) is 0 Å². The van der Waals surface area contributed by atoms with Crippen LogP contribution in [0.15, 0.2) is 12.1 Å². The molecule has 1 aliphatic rings. The molecule has 15 heavy (non-hydrogen) atoms. The minimum atomic E-state index is -0.853. The van der Waals surface area contributed by atoms with Crippen LogP contribution in [-0.2, 0) is 0 Å². The minimum absolute atomic E-state index is 0.147. The van der Waals surface area contributed by atoms with Gasteiger partial charge in [-0.2, -0.15) is 0 Å². The molecule has 2 atom stereocenters. The lowest BCUT2D eigenvalue weighted by molar-refractivity contribution is 0.142. The van der Waals surface area contributed by atoms with Crippen molar-refractivity contribution in [2.24, 2.45) is 5.73 Å². The Morgan fingerprint density at radius 2 is 2.20 bits per heavy atom. The molecule has 5 heteroatoms. The third kappa shape index (κ3) is 1.76. The van der Waals surface area contributed by atoms with Crippen LogP contribution in [0.3, 0.4) is 0 Å². The van der Waals surface area contributed by atoms with Crippen LogP contribution in [0, 0.1) is 0 Å². The zero-order chi connectivity index (χ0) is 11.0. The molecule has 2 unspecified atom stereocenters. The van der Waals surface area contributed by atoms with Crippen LogP contribution < -0.4 is 15.2 Å². The molecule has 0 saturated heterocycles. The lowest BCUT2D eigenvalue weighted by Crippen LogP contribution is -2.24. The van der Waals surface area contributed by atoms with E-state index in [9.17, 15) is 5.11 Å². The van der Waals surface area contributed by atoms with E-state index in [1.54, 1.807) is 19.1 Å². The van der Waals surface area contributed by atoms with Gasteiger partial charge in [0, 0.05) is 11.6 Å². The second-order valence-electron chi connectivity index (χ2n) is 3.50. The van der Waals surface area contributed by atoms with E-state index in [1.165, 1.54) is 0 Å². The Labute approximate surface area is 92.5 Å². The molecular weight excluding hydrogens is 218 g/mol. The number of hydrogen-bond acceptors (Lipinski definition) is 4. The first kappa shape index (κ1) is 10.5. The van der Waals surface area contributed by atoms with Crippen molar-refractivity contribution >= 4 is 11.6 Å². The van der Waals surface area contributed by atoms with Crippen molar-refractivity contribution in [1.29, 1.82) is 0 Å². The predicted octanol–water partition coefficient (Wildman–Crippen LogP) is 1.45. The highest BCUT2D eigenvalue weighted by atomic mass is 35.5. The number of rotatable bonds is 2. The van der Waals surface area contributed by atoms with Gasteiger partial charge in [0.25, 0.3) is 0 Å². The molecule has 1 heterocycles. The summed E-state index contributed by atoms with van der Waals surface area (Å²) in [6.45, 7) is 1.85. The Morgan fingerprint density at radius 3 is 2.87 bits per heavy atom. The van der Waals surface area contributed by atoms with E-state index >= 15 is 0 Å². The van der Waals surface area contributed by atoms with Crippen molar-refractivity contribution in [3.8, 4) is 11.5 Å². The van der Waals surface area contributed by atoms with Gasteiger partial charge in [-0.3, -0.25) is 0 Å². The third-order valence-corrected chi connectivity index (χ3v) is 2.65. The first-order chi connectivity index (χ1) is 7.11. The van der Waals surface area contributed by atoms with E-state index in [1.807, 2.05) is 0 Å². The summed E-state index contributed by atoms with van der Waals surface area (Å²) in [7, 11) is 0. The number of hydrogen-bond donors (Lipinski definition) is 2. The quantitative estimate of drug-likeness (QED) is 0.806. The maximum absolute atomic E-state index is 9.90. The third-order valence-electron chi connectivity index (χ3n) is 2.32. The summed E-state index contributed by atoms with van der Waals surface area (Å²) in [4.78, 5) is 0. The summed E-state index contributed by atoms with van der Waals surface area (Å²) >= 11 is 6.00. The molecule has 1 aromatic rings. The first-order valence-corrected chi connectivity index (χ1v) is 5.00. The molecule has 0 bridgehead atoms. The molecule has 0 amide bonds. The molecule has 0 aromatic heterocycles. The lowest BCUT2D eigenvalue weighted by atomic mass is 10.0. The van der Waals surface area contributed by atoms with Crippen LogP contribution in [0.5, 0.6) is 11.5 Å². The van der Waals surface area contributed by atoms with Gasteiger partial charge >= 0.3 is 0 Å². The van der Waals surface area contributed by atoms with E-state index in [4.69, 9.17) is 26.8 Å². The van der Waals surface area contributed by atoms with Crippen LogP contribution in [0.1, 0.15) is 18.6 Å². The van der Waals surface area contributed by atoms with Gasteiger partial charge in [-0.05, 0) is 19.1 Å². The Morgan fingerprint density at radius 1 is 1.47 bits per heavy atom. The predicted molar refractivity (Wildman–Crippen MR) is 56.2 cm³/mol. The Hall–Kier alpha value is -0.970. The zero-order valence-electron chi connectivity index (χ0n) is 8.24. The second-order valence-corrected chi connectivity index (χ2v) is 3.91. The fourth-order valence-corrected chi connectivity index (χ4v) is 1.77. The molecule has 0 fully saturated rings. The molecule has 1 aromatic carbocycles. The molecule has 3 N–H and O–H groups in total. The molecule has 1 aliphatic heterocycles. The second kappa shape index (κ2) is 3.89. The number of aliphatic hydroxyl groups excluding tert-OH is 1. The summed E-state index contributed by atoms with van der Waals surface area (Å²) in [5.74, 6) is 1.08. The van der Waals surface area contributed by atoms with Gasteiger partial charge in [0.05, 0.1) is 11.1 Å². The molecule has 0 radical (unpaired) electrons. The SMILES string of the molecule is CC(N)C(O)c1c(Cl)ccc2c1OCO2. The topological polar surface area (TPSA) is 64.7 Å². The van der Waals surface area contributed by atoms with Crippen LogP contribution in [-0.4, -0.2) is 17.9 Å². The normalized spacial score (nSPS) is 17.6. The molecule has 82 valence electrons. The van der Waals surface area contributed by atoms with E-state index < -0.39 is 12.1 Å². The standard InChI is InChI=1S/C10H12ClNO3/c1-5(12)9(13)8-6(11)2-3-7-10(8)15-4-14-7/h2-3,5,9,13H,4,12H2,1H3.